The number of hydrogen-bond donors (Lipinski definition) is 2. The summed E-state index contributed by atoms with van der Waals surface area (Å²) in [7, 11) is 0. The molecule has 10 nitrogen and oxygen atoms in total. The van der Waals surface area contributed by atoms with E-state index in [-0.39, 0.29) is 16.7 Å². The van der Waals surface area contributed by atoms with Crippen LogP contribution in [0, 0.1) is 0 Å². The summed E-state index contributed by atoms with van der Waals surface area (Å²) >= 11 is 7.06. The van der Waals surface area contributed by atoms with Crippen LogP contribution in [-0.2, 0) is 14.3 Å². The third-order valence-corrected chi connectivity index (χ3v) is 4.22. The molecule has 0 aliphatic carbocycles. The molecule has 0 bridgehead atoms. The van der Waals surface area contributed by atoms with Crippen molar-refractivity contribution in [2.24, 2.45) is 0 Å². The maximum Gasteiger partial charge on any atom is 0.358 e. The highest BCUT2D eigenvalue weighted by Gasteiger charge is 2.16. The number of hydrogen-bond acceptors (Lipinski definition) is 8. The predicted octanol–water partition coefficient (Wildman–Crippen LogP) is 2.13. The molecule has 0 spiro atoms. The lowest BCUT2D eigenvalue weighted by molar-refractivity contribution is -0.119. The molecular formula is C16H13ClN6O4S. The summed E-state index contributed by atoms with van der Waals surface area (Å²) in [5.41, 5.74) is 0.911. The number of esters is 1. The topological polar surface area (TPSA) is 128 Å². The van der Waals surface area contributed by atoms with E-state index in [9.17, 15) is 14.4 Å². The van der Waals surface area contributed by atoms with Crippen molar-refractivity contribution in [2.45, 2.75) is 6.92 Å². The van der Waals surface area contributed by atoms with Gasteiger partial charge in [0.2, 0.25) is 5.91 Å². The zero-order chi connectivity index (χ0) is 20.1. The number of carbonyl (C=O) groups excluding carboxylic acids is 3. The average Bonchev–Trinajstić information content (AvgIpc) is 3.31. The van der Waals surface area contributed by atoms with E-state index in [2.05, 4.69) is 25.7 Å². The van der Waals surface area contributed by atoms with Gasteiger partial charge in [-0.25, -0.2) is 19.4 Å². The van der Waals surface area contributed by atoms with Gasteiger partial charge in [-0.3, -0.25) is 9.59 Å². The van der Waals surface area contributed by atoms with E-state index in [4.69, 9.17) is 16.3 Å². The van der Waals surface area contributed by atoms with Gasteiger partial charge < -0.3 is 15.4 Å². The minimum absolute atomic E-state index is 0.00684. The Bertz CT molecular complexity index is 1020. The number of ether oxygens (including phenoxy) is 1. The van der Waals surface area contributed by atoms with Crippen molar-refractivity contribution >= 4 is 51.5 Å². The van der Waals surface area contributed by atoms with E-state index in [1.807, 2.05) is 0 Å². The summed E-state index contributed by atoms with van der Waals surface area (Å²) in [6.07, 6.45) is 2.82. The van der Waals surface area contributed by atoms with Crippen molar-refractivity contribution in [2.75, 3.05) is 17.2 Å². The number of rotatable bonds is 6. The molecule has 0 aliphatic heterocycles. The highest BCUT2D eigenvalue weighted by molar-refractivity contribution is 7.14. The molecule has 0 saturated carbocycles. The number of benzene rings is 1. The van der Waals surface area contributed by atoms with Gasteiger partial charge in [-0.1, -0.05) is 11.6 Å². The lowest BCUT2D eigenvalue weighted by atomic mass is 10.2. The maximum absolute atomic E-state index is 12.2. The fourth-order valence-corrected chi connectivity index (χ4v) is 3.01. The Balaban J connectivity index is 1.62. The van der Waals surface area contributed by atoms with E-state index in [1.54, 1.807) is 18.2 Å². The van der Waals surface area contributed by atoms with Crippen LogP contribution in [-0.4, -0.2) is 44.1 Å². The second kappa shape index (κ2) is 8.59. The second-order valence-corrected chi connectivity index (χ2v) is 6.64. The molecule has 0 atom stereocenters. The number of anilines is 2. The zero-order valence-electron chi connectivity index (χ0n) is 14.4. The summed E-state index contributed by atoms with van der Waals surface area (Å²) in [6.45, 7) is 0.794. The number of amides is 2. The Labute approximate surface area is 167 Å². The van der Waals surface area contributed by atoms with E-state index in [1.165, 1.54) is 29.6 Å². The van der Waals surface area contributed by atoms with Gasteiger partial charge in [-0.15, -0.1) is 11.3 Å². The first-order valence-electron chi connectivity index (χ1n) is 7.77. The third kappa shape index (κ3) is 4.90. The van der Waals surface area contributed by atoms with Crippen LogP contribution in [0.25, 0.3) is 5.69 Å². The SMILES string of the molecule is CC(=O)Nc1nc(C(=O)OCC(=O)Nc2cc(Cl)ccc2-n2cncn2)cs1. The van der Waals surface area contributed by atoms with E-state index >= 15 is 0 Å². The number of halogens is 1. The van der Waals surface area contributed by atoms with E-state index in [0.717, 1.165) is 11.3 Å². The summed E-state index contributed by atoms with van der Waals surface area (Å²) < 4.78 is 6.41. The zero-order valence-corrected chi connectivity index (χ0v) is 16.0. The standard InChI is InChI=1S/C16H13ClN6O4S/c1-9(24)20-16-22-12(6-28-16)15(26)27-5-14(25)21-11-4-10(17)2-3-13(11)23-8-18-7-19-23/h2-4,6-8H,5H2,1H3,(H,21,25)(H,20,22,24). The van der Waals surface area contributed by atoms with Crippen molar-refractivity contribution in [3.63, 3.8) is 0 Å². The molecule has 3 aromatic rings. The molecule has 0 aliphatic rings. The first-order valence-corrected chi connectivity index (χ1v) is 9.03. The van der Waals surface area contributed by atoms with Gasteiger partial charge >= 0.3 is 5.97 Å². The quantitative estimate of drug-likeness (QED) is 0.584. The minimum Gasteiger partial charge on any atom is -0.451 e. The first kappa shape index (κ1) is 19.5. The normalized spacial score (nSPS) is 10.4. The van der Waals surface area contributed by atoms with Gasteiger partial charge in [0.15, 0.2) is 17.4 Å². The Morgan fingerprint density at radius 3 is 2.82 bits per heavy atom. The monoisotopic (exact) mass is 420 g/mol. The predicted molar refractivity (Wildman–Crippen MR) is 102 cm³/mol. The number of nitrogens with zero attached hydrogens (tertiary/aromatic N) is 4. The molecule has 12 heteroatoms. The van der Waals surface area contributed by atoms with Crippen molar-refractivity contribution in [3.05, 3.63) is 47.0 Å². The van der Waals surface area contributed by atoms with Crippen LogP contribution in [0.2, 0.25) is 5.02 Å². The maximum atomic E-state index is 12.2. The summed E-state index contributed by atoms with van der Waals surface area (Å²) in [5.74, 6) is -1.67. The summed E-state index contributed by atoms with van der Waals surface area (Å²) in [5, 5.41) is 11.2. The van der Waals surface area contributed by atoms with Gasteiger partial charge in [0.25, 0.3) is 5.91 Å². The van der Waals surface area contributed by atoms with Gasteiger partial charge in [-0.05, 0) is 18.2 Å². The first-order chi connectivity index (χ1) is 13.4. The molecule has 2 amide bonds. The molecule has 0 saturated heterocycles. The molecule has 2 heterocycles. The Hall–Kier alpha value is -3.31. The number of aromatic nitrogens is 4. The Morgan fingerprint density at radius 1 is 1.29 bits per heavy atom. The Morgan fingerprint density at radius 2 is 2.11 bits per heavy atom. The van der Waals surface area contributed by atoms with Crippen LogP contribution in [0.3, 0.4) is 0 Å². The van der Waals surface area contributed by atoms with Crippen molar-refractivity contribution in [1.82, 2.24) is 19.7 Å². The van der Waals surface area contributed by atoms with Gasteiger partial charge in [-0.2, -0.15) is 5.10 Å². The van der Waals surface area contributed by atoms with Crippen LogP contribution < -0.4 is 10.6 Å². The average molecular weight is 421 g/mol. The van der Waals surface area contributed by atoms with Crippen LogP contribution in [0.5, 0.6) is 0 Å². The second-order valence-electron chi connectivity index (χ2n) is 5.34. The largest absolute Gasteiger partial charge is 0.451 e. The fraction of sp³-hybridized carbons (Fsp3) is 0.125. The van der Waals surface area contributed by atoms with Gasteiger partial charge in [0.1, 0.15) is 12.7 Å². The van der Waals surface area contributed by atoms with Crippen LogP contribution in [0.15, 0.2) is 36.2 Å². The number of carbonyl (C=O) groups is 3. The summed E-state index contributed by atoms with van der Waals surface area (Å²) in [6, 6.07) is 4.85. The van der Waals surface area contributed by atoms with E-state index < -0.39 is 18.5 Å². The highest BCUT2D eigenvalue weighted by Crippen LogP contribution is 2.24. The lowest BCUT2D eigenvalue weighted by Gasteiger charge is -2.11. The molecule has 2 aromatic heterocycles. The molecule has 0 unspecified atom stereocenters. The Kier molecular flexibility index (Phi) is 5.96. The minimum atomic E-state index is -0.786. The fourth-order valence-electron chi connectivity index (χ4n) is 2.11. The van der Waals surface area contributed by atoms with Crippen molar-refractivity contribution in [1.29, 1.82) is 0 Å². The molecule has 0 radical (unpaired) electrons. The van der Waals surface area contributed by atoms with Gasteiger partial charge in [0, 0.05) is 17.3 Å². The molecular weight excluding hydrogens is 408 g/mol. The molecule has 1 aromatic carbocycles. The van der Waals surface area contributed by atoms with Crippen LogP contribution in [0.4, 0.5) is 10.8 Å². The number of nitrogens with one attached hydrogen (secondary N) is 2. The lowest BCUT2D eigenvalue weighted by Crippen LogP contribution is -2.22. The van der Waals surface area contributed by atoms with Crippen molar-refractivity contribution in [3.8, 4) is 5.69 Å². The highest BCUT2D eigenvalue weighted by atomic mass is 35.5. The van der Waals surface area contributed by atoms with Crippen molar-refractivity contribution < 1.29 is 19.1 Å². The van der Waals surface area contributed by atoms with Crippen LogP contribution in [0.1, 0.15) is 17.4 Å². The number of thiazole rings is 1. The molecule has 0 fully saturated rings. The van der Waals surface area contributed by atoms with E-state index in [0.29, 0.717) is 16.4 Å². The third-order valence-electron chi connectivity index (χ3n) is 3.23. The molecule has 28 heavy (non-hydrogen) atoms. The van der Waals surface area contributed by atoms with Crippen LogP contribution >= 0.6 is 22.9 Å². The molecule has 3 rings (SSSR count). The molecule has 144 valence electrons. The summed E-state index contributed by atoms with van der Waals surface area (Å²) in [4.78, 5) is 42.9. The molecule has 2 N–H and O–H groups in total. The van der Waals surface area contributed by atoms with Gasteiger partial charge in [0.05, 0.1) is 11.4 Å². The smallest absolute Gasteiger partial charge is 0.358 e.